The summed E-state index contributed by atoms with van der Waals surface area (Å²) < 4.78 is 1.75. The van der Waals surface area contributed by atoms with Crippen molar-refractivity contribution in [1.82, 2.24) is 20.1 Å². The quantitative estimate of drug-likeness (QED) is 0.665. The second-order valence-corrected chi connectivity index (χ2v) is 3.61. The molecular formula is C8H11ClN4. The van der Waals surface area contributed by atoms with Crippen LogP contribution in [0.25, 0.3) is 5.57 Å². The van der Waals surface area contributed by atoms with Crippen LogP contribution in [0.2, 0.25) is 0 Å². The summed E-state index contributed by atoms with van der Waals surface area (Å²) in [6.07, 6.45) is 3.58. The molecule has 1 unspecified atom stereocenters. The number of nitrogens with one attached hydrogen (secondary N) is 1. The predicted octanol–water partition coefficient (Wildman–Crippen LogP) is 0.409. The van der Waals surface area contributed by atoms with Gasteiger partial charge in [0.1, 0.15) is 6.33 Å². The highest BCUT2D eigenvalue weighted by Crippen LogP contribution is 2.15. The van der Waals surface area contributed by atoms with Crippen molar-refractivity contribution in [2.75, 3.05) is 13.1 Å². The largest absolute Gasteiger partial charge is 0.311 e. The molecule has 0 aromatic carbocycles. The van der Waals surface area contributed by atoms with Crippen LogP contribution in [0.1, 0.15) is 5.82 Å². The minimum Gasteiger partial charge on any atom is -0.311 e. The highest BCUT2D eigenvalue weighted by atomic mass is 35.5. The van der Waals surface area contributed by atoms with E-state index >= 15 is 0 Å². The summed E-state index contributed by atoms with van der Waals surface area (Å²) in [5, 5.41) is 7.29. The molecule has 1 aliphatic rings. The van der Waals surface area contributed by atoms with E-state index in [1.807, 2.05) is 13.1 Å². The van der Waals surface area contributed by atoms with Gasteiger partial charge in [-0.1, -0.05) is 6.08 Å². The Hall–Kier alpha value is -0.870. The summed E-state index contributed by atoms with van der Waals surface area (Å²) in [5.74, 6) is 0.887. The van der Waals surface area contributed by atoms with Crippen LogP contribution < -0.4 is 5.32 Å². The van der Waals surface area contributed by atoms with Crippen LogP contribution in [0.4, 0.5) is 0 Å². The lowest BCUT2D eigenvalue weighted by atomic mass is 10.1. The van der Waals surface area contributed by atoms with Crippen LogP contribution >= 0.6 is 11.6 Å². The average Bonchev–Trinajstić information content (AvgIpc) is 2.51. The predicted molar refractivity (Wildman–Crippen MR) is 51.5 cm³/mol. The second-order valence-electron chi connectivity index (χ2n) is 3.05. The number of aryl methyl sites for hydroxylation is 1. The first-order valence-corrected chi connectivity index (χ1v) is 4.61. The number of alkyl halides is 1. The van der Waals surface area contributed by atoms with E-state index in [1.165, 1.54) is 0 Å². The maximum absolute atomic E-state index is 5.98. The van der Waals surface area contributed by atoms with E-state index in [0.29, 0.717) is 0 Å². The smallest absolute Gasteiger partial charge is 0.154 e. The van der Waals surface area contributed by atoms with Gasteiger partial charge in [-0.2, -0.15) is 5.10 Å². The van der Waals surface area contributed by atoms with E-state index in [9.17, 15) is 0 Å². The first-order chi connectivity index (χ1) is 6.27. The fraction of sp³-hybridized carbons (Fsp3) is 0.500. The summed E-state index contributed by atoms with van der Waals surface area (Å²) in [5.41, 5.74) is 1.12. The van der Waals surface area contributed by atoms with Crippen LogP contribution in [0.3, 0.4) is 0 Å². The molecule has 2 rings (SSSR count). The van der Waals surface area contributed by atoms with Crippen molar-refractivity contribution in [3.8, 4) is 0 Å². The number of nitrogens with zero attached hydrogens (tertiary/aromatic N) is 3. The summed E-state index contributed by atoms with van der Waals surface area (Å²) >= 11 is 5.98. The molecule has 1 aromatic rings. The van der Waals surface area contributed by atoms with Crippen LogP contribution in [0, 0.1) is 0 Å². The number of halogens is 1. The summed E-state index contributed by atoms with van der Waals surface area (Å²) in [7, 11) is 1.88. The monoisotopic (exact) mass is 198 g/mol. The fourth-order valence-electron chi connectivity index (χ4n) is 1.42. The molecule has 0 aliphatic carbocycles. The van der Waals surface area contributed by atoms with Crippen molar-refractivity contribution in [3.05, 3.63) is 18.2 Å². The van der Waals surface area contributed by atoms with Gasteiger partial charge in [0.05, 0.1) is 5.38 Å². The molecule has 0 saturated heterocycles. The van der Waals surface area contributed by atoms with Crippen molar-refractivity contribution in [3.63, 3.8) is 0 Å². The van der Waals surface area contributed by atoms with Gasteiger partial charge in [0.15, 0.2) is 5.82 Å². The number of hydrogen-bond acceptors (Lipinski definition) is 3. The third-order valence-corrected chi connectivity index (χ3v) is 2.32. The Balaban J connectivity index is 2.30. The molecule has 13 heavy (non-hydrogen) atoms. The maximum atomic E-state index is 5.98. The number of aromatic nitrogens is 3. The molecule has 1 aromatic heterocycles. The summed E-state index contributed by atoms with van der Waals surface area (Å²) in [6, 6.07) is 0. The topological polar surface area (TPSA) is 42.7 Å². The molecule has 0 amide bonds. The van der Waals surface area contributed by atoms with Gasteiger partial charge >= 0.3 is 0 Å². The standard InChI is InChI=1S/C8H11ClN4/c1-13-8(11-5-12-13)6-2-7(9)4-10-3-6/h2,5,7,10H,3-4H2,1H3. The minimum absolute atomic E-state index is 0.0560. The van der Waals surface area contributed by atoms with Crippen LogP contribution in [0.5, 0.6) is 0 Å². The lowest BCUT2D eigenvalue weighted by Crippen LogP contribution is -2.29. The lowest BCUT2D eigenvalue weighted by Gasteiger charge is -2.16. The highest BCUT2D eigenvalue weighted by Gasteiger charge is 2.14. The van der Waals surface area contributed by atoms with E-state index in [-0.39, 0.29) is 5.38 Å². The Kier molecular flexibility index (Phi) is 2.33. The van der Waals surface area contributed by atoms with Gasteiger partial charge < -0.3 is 5.32 Å². The molecule has 1 N–H and O–H groups in total. The molecule has 2 heterocycles. The first kappa shape index (κ1) is 8.72. The maximum Gasteiger partial charge on any atom is 0.154 e. The Morgan fingerprint density at radius 3 is 3.15 bits per heavy atom. The minimum atomic E-state index is 0.0560. The number of hydrogen-bond donors (Lipinski definition) is 1. The van der Waals surface area contributed by atoms with Crippen molar-refractivity contribution in [2.45, 2.75) is 5.38 Å². The van der Waals surface area contributed by atoms with Crippen molar-refractivity contribution < 1.29 is 0 Å². The second kappa shape index (κ2) is 3.47. The van der Waals surface area contributed by atoms with Crippen LogP contribution in [0.15, 0.2) is 12.4 Å². The lowest BCUT2D eigenvalue weighted by molar-refractivity contribution is 0.712. The van der Waals surface area contributed by atoms with E-state index in [4.69, 9.17) is 11.6 Å². The molecule has 1 atom stereocenters. The molecule has 5 heteroatoms. The van der Waals surface area contributed by atoms with E-state index in [0.717, 1.165) is 24.5 Å². The zero-order valence-electron chi connectivity index (χ0n) is 7.37. The Bertz CT molecular complexity index is 331. The van der Waals surface area contributed by atoms with E-state index in [2.05, 4.69) is 15.4 Å². The van der Waals surface area contributed by atoms with Gasteiger partial charge in [0, 0.05) is 25.7 Å². The average molecular weight is 199 g/mol. The molecule has 1 aliphatic heterocycles. The van der Waals surface area contributed by atoms with E-state index in [1.54, 1.807) is 11.0 Å². The number of rotatable bonds is 1. The molecule has 0 saturated carbocycles. The van der Waals surface area contributed by atoms with Crippen molar-refractivity contribution >= 4 is 17.2 Å². The van der Waals surface area contributed by atoms with Gasteiger partial charge in [-0.25, -0.2) is 9.67 Å². The first-order valence-electron chi connectivity index (χ1n) is 4.17. The van der Waals surface area contributed by atoms with Gasteiger partial charge in [0.25, 0.3) is 0 Å². The third-order valence-electron chi connectivity index (χ3n) is 2.04. The molecular weight excluding hydrogens is 188 g/mol. The van der Waals surface area contributed by atoms with Crippen molar-refractivity contribution in [1.29, 1.82) is 0 Å². The fourth-order valence-corrected chi connectivity index (χ4v) is 1.68. The van der Waals surface area contributed by atoms with Gasteiger partial charge in [0.2, 0.25) is 0 Å². The molecule has 0 spiro atoms. The van der Waals surface area contributed by atoms with Crippen LogP contribution in [-0.4, -0.2) is 33.2 Å². The van der Waals surface area contributed by atoms with Crippen molar-refractivity contribution in [2.24, 2.45) is 7.05 Å². The third kappa shape index (κ3) is 1.73. The molecule has 0 radical (unpaired) electrons. The Labute approximate surface area is 81.6 Å². The summed E-state index contributed by atoms with van der Waals surface area (Å²) in [6.45, 7) is 1.64. The SMILES string of the molecule is Cn1ncnc1C1=CC(Cl)CNC1. The normalized spacial score (nSPS) is 22.9. The molecule has 0 fully saturated rings. The molecule has 0 bridgehead atoms. The highest BCUT2D eigenvalue weighted by molar-refractivity contribution is 6.22. The van der Waals surface area contributed by atoms with Gasteiger partial charge in [-0.05, 0) is 0 Å². The summed E-state index contributed by atoms with van der Waals surface area (Å²) in [4.78, 5) is 4.16. The Morgan fingerprint density at radius 1 is 1.69 bits per heavy atom. The zero-order valence-corrected chi connectivity index (χ0v) is 8.12. The molecule has 70 valence electrons. The van der Waals surface area contributed by atoms with Gasteiger partial charge in [-0.15, -0.1) is 11.6 Å². The zero-order chi connectivity index (χ0) is 9.26. The van der Waals surface area contributed by atoms with Crippen LogP contribution in [-0.2, 0) is 7.05 Å². The van der Waals surface area contributed by atoms with E-state index < -0.39 is 0 Å². The Morgan fingerprint density at radius 2 is 2.54 bits per heavy atom. The molecule has 4 nitrogen and oxygen atoms in total. The van der Waals surface area contributed by atoms with Gasteiger partial charge in [-0.3, -0.25) is 0 Å².